The molecular weight excluding hydrogens is 319 g/mol. The minimum atomic E-state index is -0.332. The average molecular weight is 332 g/mol. The van der Waals surface area contributed by atoms with Crippen LogP contribution in [-0.4, -0.2) is 14.2 Å². The van der Waals surface area contributed by atoms with Crippen LogP contribution in [0.25, 0.3) is 0 Å². The van der Waals surface area contributed by atoms with E-state index < -0.39 is 0 Å². The highest BCUT2D eigenvalue weighted by Crippen LogP contribution is 2.43. The Morgan fingerprint density at radius 2 is 2.00 bits per heavy atom. The molecule has 1 aromatic heterocycles. The van der Waals surface area contributed by atoms with Crippen LogP contribution < -0.4 is 9.47 Å². The van der Waals surface area contributed by atoms with Gasteiger partial charge in [-0.25, -0.2) is 0 Å². The van der Waals surface area contributed by atoms with Crippen molar-refractivity contribution in [1.82, 2.24) is 0 Å². The molecule has 0 radical (unpaired) electrons. The third-order valence-corrected chi connectivity index (χ3v) is 3.86. The number of methoxy groups -OCH3 is 2. The van der Waals surface area contributed by atoms with E-state index in [-0.39, 0.29) is 5.38 Å². The maximum atomic E-state index is 6.42. The van der Waals surface area contributed by atoms with Gasteiger partial charge in [-0.05, 0) is 34.1 Å². The Bertz CT molecular complexity index is 525. The van der Waals surface area contributed by atoms with Gasteiger partial charge in [0.25, 0.3) is 0 Å². The molecule has 0 aliphatic rings. The first-order valence-corrected chi connectivity index (χ1v) is 6.48. The van der Waals surface area contributed by atoms with Crippen molar-refractivity contribution in [3.8, 4) is 11.5 Å². The van der Waals surface area contributed by atoms with Crippen molar-refractivity contribution < 1.29 is 13.9 Å². The van der Waals surface area contributed by atoms with Crippen molar-refractivity contribution >= 4 is 27.5 Å². The summed E-state index contributed by atoms with van der Waals surface area (Å²) in [6, 6.07) is 5.56. The highest BCUT2D eigenvalue weighted by molar-refractivity contribution is 9.10. The van der Waals surface area contributed by atoms with Gasteiger partial charge < -0.3 is 13.9 Å². The third-order valence-electron chi connectivity index (χ3n) is 2.63. The van der Waals surface area contributed by atoms with E-state index in [1.807, 2.05) is 18.2 Å². The predicted molar refractivity (Wildman–Crippen MR) is 73.7 cm³/mol. The SMILES string of the molecule is COc1ccc(C(Cl)c2ccoc2)c(OC)c1Br. The fraction of sp³-hybridized carbons (Fsp3) is 0.231. The van der Waals surface area contributed by atoms with Crippen LogP contribution in [0.4, 0.5) is 0 Å². The van der Waals surface area contributed by atoms with Crippen LogP contribution in [0.1, 0.15) is 16.5 Å². The summed E-state index contributed by atoms with van der Waals surface area (Å²) in [6.45, 7) is 0. The molecule has 0 amide bonds. The first kappa shape index (κ1) is 13.3. The van der Waals surface area contributed by atoms with Gasteiger partial charge in [-0.3, -0.25) is 0 Å². The van der Waals surface area contributed by atoms with Crippen molar-refractivity contribution in [1.29, 1.82) is 0 Å². The molecule has 0 saturated heterocycles. The molecule has 96 valence electrons. The van der Waals surface area contributed by atoms with Crippen molar-refractivity contribution in [3.63, 3.8) is 0 Å². The van der Waals surface area contributed by atoms with Gasteiger partial charge in [0.1, 0.15) is 16.0 Å². The molecule has 0 spiro atoms. The molecule has 0 fully saturated rings. The number of furan rings is 1. The Balaban J connectivity index is 2.48. The Hall–Kier alpha value is -1.13. The maximum absolute atomic E-state index is 6.42. The Labute approximate surface area is 119 Å². The zero-order chi connectivity index (χ0) is 13.1. The van der Waals surface area contributed by atoms with E-state index in [9.17, 15) is 0 Å². The number of halogens is 2. The van der Waals surface area contributed by atoms with Crippen LogP contribution in [0.5, 0.6) is 11.5 Å². The van der Waals surface area contributed by atoms with Gasteiger partial charge in [-0.2, -0.15) is 0 Å². The lowest BCUT2D eigenvalue weighted by Crippen LogP contribution is -1.99. The van der Waals surface area contributed by atoms with Crippen LogP contribution in [0.2, 0.25) is 0 Å². The van der Waals surface area contributed by atoms with Gasteiger partial charge in [-0.1, -0.05) is 0 Å². The van der Waals surface area contributed by atoms with E-state index in [1.54, 1.807) is 26.7 Å². The second-order valence-corrected chi connectivity index (χ2v) is 4.85. The summed E-state index contributed by atoms with van der Waals surface area (Å²) < 4.78 is 16.4. The lowest BCUT2D eigenvalue weighted by molar-refractivity contribution is 0.386. The number of hydrogen-bond donors (Lipinski definition) is 0. The molecule has 5 heteroatoms. The lowest BCUT2D eigenvalue weighted by Gasteiger charge is -2.16. The molecule has 2 aromatic rings. The minimum absolute atomic E-state index is 0.332. The summed E-state index contributed by atoms with van der Waals surface area (Å²) in [7, 11) is 3.20. The van der Waals surface area contributed by atoms with Crippen LogP contribution in [-0.2, 0) is 0 Å². The Kier molecular flexibility index (Phi) is 4.19. The van der Waals surface area contributed by atoms with E-state index in [4.69, 9.17) is 25.5 Å². The van der Waals surface area contributed by atoms with Crippen molar-refractivity contribution in [2.24, 2.45) is 0 Å². The molecule has 1 unspecified atom stereocenters. The van der Waals surface area contributed by atoms with Crippen LogP contribution in [0.15, 0.2) is 39.6 Å². The summed E-state index contributed by atoms with van der Waals surface area (Å²) >= 11 is 9.87. The summed E-state index contributed by atoms with van der Waals surface area (Å²) in [5.41, 5.74) is 1.74. The lowest BCUT2D eigenvalue weighted by atomic mass is 10.1. The topological polar surface area (TPSA) is 31.6 Å². The molecule has 0 bridgehead atoms. The highest BCUT2D eigenvalue weighted by atomic mass is 79.9. The minimum Gasteiger partial charge on any atom is -0.495 e. The van der Waals surface area contributed by atoms with E-state index in [0.717, 1.165) is 15.6 Å². The molecule has 0 aliphatic heterocycles. The van der Waals surface area contributed by atoms with Gasteiger partial charge in [0.05, 0.1) is 32.1 Å². The summed E-state index contributed by atoms with van der Waals surface area (Å²) in [6.07, 6.45) is 3.21. The summed E-state index contributed by atoms with van der Waals surface area (Å²) in [4.78, 5) is 0. The fourth-order valence-electron chi connectivity index (χ4n) is 1.72. The number of ether oxygens (including phenoxy) is 2. The van der Waals surface area contributed by atoms with Crippen molar-refractivity contribution in [3.05, 3.63) is 46.3 Å². The van der Waals surface area contributed by atoms with Gasteiger partial charge in [-0.15, -0.1) is 11.6 Å². The first-order chi connectivity index (χ1) is 8.69. The molecule has 1 atom stereocenters. The molecule has 0 saturated carbocycles. The second-order valence-electron chi connectivity index (χ2n) is 3.62. The first-order valence-electron chi connectivity index (χ1n) is 5.25. The van der Waals surface area contributed by atoms with Crippen LogP contribution in [0, 0.1) is 0 Å². The monoisotopic (exact) mass is 330 g/mol. The summed E-state index contributed by atoms with van der Waals surface area (Å²) in [5.74, 6) is 1.36. The largest absolute Gasteiger partial charge is 0.495 e. The van der Waals surface area contributed by atoms with Gasteiger partial charge in [0, 0.05) is 11.1 Å². The zero-order valence-electron chi connectivity index (χ0n) is 9.94. The molecule has 0 N–H and O–H groups in total. The number of hydrogen-bond acceptors (Lipinski definition) is 3. The standard InChI is InChI=1S/C13H12BrClO3/c1-16-10-4-3-9(13(17-2)11(10)14)12(15)8-5-6-18-7-8/h3-7,12H,1-2H3. The quantitative estimate of drug-likeness (QED) is 0.779. The van der Waals surface area contributed by atoms with Crippen LogP contribution >= 0.6 is 27.5 Å². The number of benzene rings is 1. The molecule has 1 aromatic carbocycles. The van der Waals surface area contributed by atoms with E-state index >= 15 is 0 Å². The van der Waals surface area contributed by atoms with E-state index in [1.165, 1.54) is 0 Å². The molecule has 3 nitrogen and oxygen atoms in total. The molecule has 2 rings (SSSR count). The van der Waals surface area contributed by atoms with Crippen LogP contribution in [0.3, 0.4) is 0 Å². The van der Waals surface area contributed by atoms with E-state index in [0.29, 0.717) is 11.5 Å². The maximum Gasteiger partial charge on any atom is 0.141 e. The number of rotatable bonds is 4. The van der Waals surface area contributed by atoms with Crippen molar-refractivity contribution in [2.75, 3.05) is 14.2 Å². The highest BCUT2D eigenvalue weighted by Gasteiger charge is 2.20. The molecule has 0 aliphatic carbocycles. The molecular formula is C13H12BrClO3. The number of alkyl halides is 1. The zero-order valence-corrected chi connectivity index (χ0v) is 12.3. The Morgan fingerprint density at radius 1 is 1.22 bits per heavy atom. The smallest absolute Gasteiger partial charge is 0.141 e. The van der Waals surface area contributed by atoms with Gasteiger partial charge in [0.2, 0.25) is 0 Å². The Morgan fingerprint density at radius 3 is 2.56 bits per heavy atom. The molecule has 1 heterocycles. The average Bonchev–Trinajstić information content (AvgIpc) is 2.91. The predicted octanol–water partition coefficient (Wildman–Crippen LogP) is 4.39. The van der Waals surface area contributed by atoms with Gasteiger partial charge in [0.15, 0.2) is 0 Å². The normalized spacial score (nSPS) is 12.2. The summed E-state index contributed by atoms with van der Waals surface area (Å²) in [5, 5.41) is -0.332. The third kappa shape index (κ3) is 2.35. The fourth-order valence-corrected chi connectivity index (χ4v) is 2.70. The second kappa shape index (κ2) is 5.67. The van der Waals surface area contributed by atoms with Gasteiger partial charge >= 0.3 is 0 Å². The molecule has 18 heavy (non-hydrogen) atoms. The van der Waals surface area contributed by atoms with Crippen molar-refractivity contribution in [2.45, 2.75) is 5.38 Å². The van der Waals surface area contributed by atoms with E-state index in [2.05, 4.69) is 15.9 Å².